The van der Waals surface area contributed by atoms with E-state index in [0.29, 0.717) is 12.0 Å². The van der Waals surface area contributed by atoms with Gasteiger partial charge in [-0.15, -0.1) is 0 Å². The molecule has 0 aliphatic carbocycles. The van der Waals surface area contributed by atoms with Crippen molar-refractivity contribution in [2.24, 2.45) is 11.3 Å². The lowest BCUT2D eigenvalue weighted by molar-refractivity contribution is -0.128. The van der Waals surface area contributed by atoms with Gasteiger partial charge in [0.2, 0.25) is 5.91 Å². The summed E-state index contributed by atoms with van der Waals surface area (Å²) in [6, 6.07) is 0.457. The van der Waals surface area contributed by atoms with Gasteiger partial charge in [-0.2, -0.15) is 0 Å². The largest absolute Gasteiger partial charge is 0.359 e. The van der Waals surface area contributed by atoms with E-state index in [1.54, 1.807) is 7.05 Å². The third kappa shape index (κ3) is 4.65. The van der Waals surface area contributed by atoms with E-state index in [-0.39, 0.29) is 11.3 Å². The summed E-state index contributed by atoms with van der Waals surface area (Å²) in [4.78, 5) is 11.5. The van der Waals surface area contributed by atoms with Crippen LogP contribution < -0.4 is 10.6 Å². The van der Waals surface area contributed by atoms with Gasteiger partial charge < -0.3 is 10.6 Å². The Bertz CT molecular complexity index is 202. The number of rotatable bonds is 6. The Kier molecular flexibility index (Phi) is 5.88. The number of carbonyl (C=O) groups excluding carboxylic acids is 1. The average Bonchev–Trinajstić information content (AvgIpc) is 2.23. The third-order valence-electron chi connectivity index (χ3n) is 3.21. The first-order valence-electron chi connectivity index (χ1n) is 5.80. The second kappa shape index (κ2) is 6.11. The van der Waals surface area contributed by atoms with Crippen LogP contribution in [0.4, 0.5) is 0 Å². The Morgan fingerprint density at radius 2 is 1.87 bits per heavy atom. The van der Waals surface area contributed by atoms with Crippen LogP contribution in [-0.4, -0.2) is 25.5 Å². The van der Waals surface area contributed by atoms with Crippen LogP contribution >= 0.6 is 0 Å². The van der Waals surface area contributed by atoms with Crippen LogP contribution in [0.3, 0.4) is 0 Å². The van der Waals surface area contributed by atoms with Crippen molar-refractivity contribution in [3.8, 4) is 0 Å². The fourth-order valence-electron chi connectivity index (χ4n) is 1.39. The predicted molar refractivity (Wildman–Crippen MR) is 64.8 cm³/mol. The minimum atomic E-state index is -0.337. The molecule has 0 fully saturated rings. The van der Waals surface area contributed by atoms with Gasteiger partial charge in [0, 0.05) is 19.6 Å². The molecule has 2 atom stereocenters. The highest BCUT2D eigenvalue weighted by Gasteiger charge is 2.27. The number of nitrogens with one attached hydrogen (secondary N) is 2. The maximum Gasteiger partial charge on any atom is 0.226 e. The minimum Gasteiger partial charge on any atom is -0.359 e. The van der Waals surface area contributed by atoms with Crippen LogP contribution in [0, 0.1) is 11.3 Å². The summed E-state index contributed by atoms with van der Waals surface area (Å²) in [6.45, 7) is 11.2. The van der Waals surface area contributed by atoms with Gasteiger partial charge >= 0.3 is 0 Å². The highest BCUT2D eigenvalue weighted by molar-refractivity contribution is 5.81. The summed E-state index contributed by atoms with van der Waals surface area (Å²) in [5.74, 6) is 0.733. The molecular weight excluding hydrogens is 188 g/mol. The van der Waals surface area contributed by atoms with Crippen molar-refractivity contribution in [2.45, 2.75) is 47.1 Å². The Morgan fingerprint density at radius 1 is 1.33 bits per heavy atom. The van der Waals surface area contributed by atoms with Gasteiger partial charge in [0.05, 0.1) is 5.41 Å². The fourth-order valence-corrected chi connectivity index (χ4v) is 1.39. The smallest absolute Gasteiger partial charge is 0.226 e. The molecule has 90 valence electrons. The summed E-state index contributed by atoms with van der Waals surface area (Å²) >= 11 is 0. The van der Waals surface area contributed by atoms with Crippen LogP contribution in [0.2, 0.25) is 0 Å². The van der Waals surface area contributed by atoms with E-state index in [2.05, 4.69) is 31.4 Å². The molecule has 0 aliphatic rings. The van der Waals surface area contributed by atoms with Crippen molar-refractivity contribution in [2.75, 3.05) is 13.6 Å². The Balaban J connectivity index is 4.08. The summed E-state index contributed by atoms with van der Waals surface area (Å²) in [6.07, 6.45) is 1.16. The molecule has 1 amide bonds. The quantitative estimate of drug-likeness (QED) is 0.707. The number of hydrogen-bond acceptors (Lipinski definition) is 2. The molecule has 2 N–H and O–H groups in total. The molecule has 0 aliphatic heterocycles. The van der Waals surface area contributed by atoms with Gasteiger partial charge in [-0.05, 0) is 26.7 Å². The molecule has 0 saturated heterocycles. The van der Waals surface area contributed by atoms with Crippen molar-refractivity contribution in [3.05, 3.63) is 0 Å². The molecule has 0 radical (unpaired) electrons. The molecule has 0 heterocycles. The normalized spacial score (nSPS) is 15.9. The molecule has 0 saturated carbocycles. The lowest BCUT2D eigenvalue weighted by atomic mass is 9.91. The fraction of sp³-hybridized carbons (Fsp3) is 0.917. The maximum atomic E-state index is 11.5. The van der Waals surface area contributed by atoms with E-state index in [4.69, 9.17) is 0 Å². The molecule has 0 aromatic heterocycles. The number of carbonyl (C=O) groups is 1. The molecule has 0 aromatic rings. The second-order valence-corrected chi connectivity index (χ2v) is 5.02. The first kappa shape index (κ1) is 14.4. The average molecular weight is 214 g/mol. The standard InChI is InChI=1S/C12H26N2O/c1-7-9(2)10(3)14-8-12(4,5)11(15)13-6/h9-10,14H,7-8H2,1-6H3,(H,13,15). The zero-order chi connectivity index (χ0) is 12.1. The molecule has 0 spiro atoms. The van der Waals surface area contributed by atoms with Crippen LogP contribution in [0.1, 0.15) is 41.0 Å². The molecule has 15 heavy (non-hydrogen) atoms. The van der Waals surface area contributed by atoms with Crippen molar-refractivity contribution < 1.29 is 4.79 Å². The summed E-state index contributed by atoms with van der Waals surface area (Å²) in [7, 11) is 1.68. The topological polar surface area (TPSA) is 41.1 Å². The van der Waals surface area contributed by atoms with E-state index in [1.807, 2.05) is 13.8 Å². The van der Waals surface area contributed by atoms with Gasteiger partial charge in [0.15, 0.2) is 0 Å². The first-order chi connectivity index (χ1) is 6.85. The van der Waals surface area contributed by atoms with Crippen molar-refractivity contribution in [1.82, 2.24) is 10.6 Å². The lowest BCUT2D eigenvalue weighted by Crippen LogP contribution is -2.45. The summed E-state index contributed by atoms with van der Waals surface area (Å²) < 4.78 is 0. The Hall–Kier alpha value is -0.570. The van der Waals surface area contributed by atoms with E-state index in [1.165, 1.54) is 0 Å². The van der Waals surface area contributed by atoms with Gasteiger partial charge in [-0.25, -0.2) is 0 Å². The molecule has 2 unspecified atom stereocenters. The molecule has 0 bridgehead atoms. The zero-order valence-corrected chi connectivity index (χ0v) is 11.0. The minimum absolute atomic E-state index is 0.0892. The van der Waals surface area contributed by atoms with Crippen LogP contribution in [0.5, 0.6) is 0 Å². The van der Waals surface area contributed by atoms with Crippen molar-refractivity contribution in [1.29, 1.82) is 0 Å². The van der Waals surface area contributed by atoms with Gasteiger partial charge in [-0.1, -0.05) is 20.3 Å². The third-order valence-corrected chi connectivity index (χ3v) is 3.21. The van der Waals surface area contributed by atoms with Gasteiger partial charge in [-0.3, -0.25) is 4.79 Å². The van der Waals surface area contributed by atoms with E-state index < -0.39 is 0 Å². The molecule has 0 rings (SSSR count). The van der Waals surface area contributed by atoms with Crippen LogP contribution in [0.25, 0.3) is 0 Å². The first-order valence-corrected chi connectivity index (χ1v) is 5.80. The second-order valence-electron chi connectivity index (χ2n) is 5.02. The molecular formula is C12H26N2O. The number of hydrogen-bond donors (Lipinski definition) is 2. The Labute approximate surface area is 94.0 Å². The molecule has 3 nitrogen and oxygen atoms in total. The molecule has 3 heteroatoms. The SMILES string of the molecule is CCC(C)C(C)NCC(C)(C)C(=O)NC. The summed E-state index contributed by atoms with van der Waals surface area (Å²) in [5, 5.41) is 6.12. The predicted octanol–water partition coefficient (Wildman–Crippen LogP) is 1.78. The van der Waals surface area contributed by atoms with E-state index >= 15 is 0 Å². The van der Waals surface area contributed by atoms with Crippen molar-refractivity contribution in [3.63, 3.8) is 0 Å². The van der Waals surface area contributed by atoms with Gasteiger partial charge in [0.1, 0.15) is 0 Å². The van der Waals surface area contributed by atoms with Gasteiger partial charge in [0.25, 0.3) is 0 Å². The molecule has 0 aromatic carbocycles. The maximum absolute atomic E-state index is 11.5. The number of amides is 1. The zero-order valence-electron chi connectivity index (χ0n) is 11.0. The van der Waals surface area contributed by atoms with E-state index in [9.17, 15) is 4.79 Å². The Morgan fingerprint density at radius 3 is 2.27 bits per heavy atom. The summed E-state index contributed by atoms with van der Waals surface area (Å²) in [5.41, 5.74) is -0.337. The van der Waals surface area contributed by atoms with Crippen LogP contribution in [-0.2, 0) is 4.79 Å². The highest BCUT2D eigenvalue weighted by atomic mass is 16.2. The lowest BCUT2D eigenvalue weighted by Gasteiger charge is -2.27. The van der Waals surface area contributed by atoms with E-state index in [0.717, 1.165) is 13.0 Å². The van der Waals surface area contributed by atoms with Crippen molar-refractivity contribution >= 4 is 5.91 Å². The monoisotopic (exact) mass is 214 g/mol. The van der Waals surface area contributed by atoms with Crippen LogP contribution in [0.15, 0.2) is 0 Å². The highest BCUT2D eigenvalue weighted by Crippen LogP contribution is 2.15.